The van der Waals surface area contributed by atoms with Crippen LogP contribution in [0.15, 0.2) is 108 Å². The molecule has 3 nitrogen and oxygen atoms in total. The van der Waals surface area contributed by atoms with E-state index < -0.39 is 0 Å². The first kappa shape index (κ1) is 16.4. The van der Waals surface area contributed by atoms with Crippen molar-refractivity contribution in [3.05, 3.63) is 109 Å². The molecule has 0 N–H and O–H groups in total. The lowest BCUT2D eigenvalue weighted by Gasteiger charge is -2.06. The van der Waals surface area contributed by atoms with Crippen molar-refractivity contribution in [1.82, 2.24) is 0 Å². The molecule has 0 aliphatic heterocycles. The molecular formula is C22H18N2O. The molecule has 25 heavy (non-hydrogen) atoms. The van der Waals surface area contributed by atoms with Crippen LogP contribution in [0.4, 0.5) is 0 Å². The van der Waals surface area contributed by atoms with E-state index >= 15 is 0 Å². The molecule has 0 unspecified atom stereocenters. The van der Waals surface area contributed by atoms with Gasteiger partial charge in [-0.1, -0.05) is 79.0 Å². The molecule has 0 fully saturated rings. The van der Waals surface area contributed by atoms with E-state index in [-0.39, 0.29) is 0 Å². The maximum absolute atomic E-state index is 5.39. The lowest BCUT2D eigenvalue weighted by molar-refractivity contribution is 0.300. The Balaban J connectivity index is 1.63. The number of allylic oxidation sites excluding steroid dienone is 4. The van der Waals surface area contributed by atoms with E-state index in [1.807, 2.05) is 85.0 Å². The monoisotopic (exact) mass is 326 g/mol. The fourth-order valence-corrected chi connectivity index (χ4v) is 2.22. The Labute approximate surface area is 147 Å². The molecule has 2 aromatic rings. The van der Waals surface area contributed by atoms with Gasteiger partial charge in [0.15, 0.2) is 5.76 Å². The largest absolute Gasteiger partial charge is 0.356 e. The van der Waals surface area contributed by atoms with E-state index in [0.717, 1.165) is 22.5 Å². The summed E-state index contributed by atoms with van der Waals surface area (Å²) in [5, 5.41) is 4.10. The number of hydrogen-bond donors (Lipinski definition) is 0. The zero-order valence-electron chi connectivity index (χ0n) is 13.8. The standard InChI is InChI=1S/C22H18N2O/c1-17(19-9-5-3-6-10-19)23-21-13-15-22(16-14-21)24-25-18(2)20-11-7-4-8-12-20/h3-16H,1-2H2. The summed E-state index contributed by atoms with van der Waals surface area (Å²) >= 11 is 0. The normalized spacial score (nSPS) is 12.6. The molecule has 0 spiro atoms. The van der Waals surface area contributed by atoms with Gasteiger partial charge < -0.3 is 4.84 Å². The van der Waals surface area contributed by atoms with Crippen LogP contribution in [-0.4, -0.2) is 11.4 Å². The third kappa shape index (κ3) is 4.52. The second-order valence-corrected chi connectivity index (χ2v) is 5.41. The van der Waals surface area contributed by atoms with E-state index in [9.17, 15) is 0 Å². The molecule has 0 atom stereocenters. The number of benzene rings is 2. The molecule has 3 rings (SSSR count). The number of hydrogen-bond acceptors (Lipinski definition) is 3. The summed E-state index contributed by atoms with van der Waals surface area (Å²) in [4.78, 5) is 9.91. The second-order valence-electron chi connectivity index (χ2n) is 5.41. The fourth-order valence-electron chi connectivity index (χ4n) is 2.22. The van der Waals surface area contributed by atoms with Crippen molar-refractivity contribution in [2.75, 3.05) is 0 Å². The quantitative estimate of drug-likeness (QED) is 0.419. The van der Waals surface area contributed by atoms with Crippen molar-refractivity contribution >= 4 is 22.9 Å². The lowest BCUT2D eigenvalue weighted by Crippen LogP contribution is -2.01. The SMILES string of the molecule is C=C(N=C1C=CC(=NOC(=C)c2ccccc2)C=C1)c1ccccc1. The lowest BCUT2D eigenvalue weighted by atomic mass is 10.1. The summed E-state index contributed by atoms with van der Waals surface area (Å²) in [7, 11) is 0. The molecule has 1 aliphatic carbocycles. The molecule has 0 saturated heterocycles. The molecule has 0 saturated carbocycles. The molecular weight excluding hydrogens is 308 g/mol. The molecule has 0 radical (unpaired) electrons. The molecule has 0 amide bonds. The number of nitrogens with zero attached hydrogens (tertiary/aromatic N) is 2. The van der Waals surface area contributed by atoms with Crippen LogP contribution in [0.1, 0.15) is 11.1 Å². The van der Waals surface area contributed by atoms with Gasteiger partial charge in [0.1, 0.15) is 5.71 Å². The van der Waals surface area contributed by atoms with Crippen LogP contribution in [0.2, 0.25) is 0 Å². The summed E-state index contributed by atoms with van der Waals surface area (Å²) in [5.74, 6) is 0.506. The highest BCUT2D eigenvalue weighted by Gasteiger charge is 2.03. The van der Waals surface area contributed by atoms with Crippen molar-refractivity contribution in [2.24, 2.45) is 10.1 Å². The van der Waals surface area contributed by atoms with E-state index in [2.05, 4.69) is 23.3 Å². The van der Waals surface area contributed by atoms with Gasteiger partial charge in [-0.3, -0.25) is 0 Å². The Morgan fingerprint density at radius 3 is 1.80 bits per heavy atom. The van der Waals surface area contributed by atoms with E-state index in [1.54, 1.807) is 0 Å². The topological polar surface area (TPSA) is 34.0 Å². The Morgan fingerprint density at radius 1 is 0.680 bits per heavy atom. The molecule has 0 aromatic heterocycles. The van der Waals surface area contributed by atoms with Crippen LogP contribution in [0.5, 0.6) is 0 Å². The Kier molecular flexibility index (Phi) is 5.17. The van der Waals surface area contributed by atoms with Gasteiger partial charge in [-0.15, -0.1) is 0 Å². The van der Waals surface area contributed by atoms with Crippen LogP contribution >= 0.6 is 0 Å². The first-order chi connectivity index (χ1) is 12.2. The van der Waals surface area contributed by atoms with Crippen molar-refractivity contribution < 1.29 is 4.84 Å². The van der Waals surface area contributed by atoms with Gasteiger partial charge in [0.05, 0.1) is 11.4 Å². The minimum atomic E-state index is 0.506. The summed E-state index contributed by atoms with van der Waals surface area (Å²) in [5.41, 5.74) is 4.13. The van der Waals surface area contributed by atoms with E-state index in [4.69, 9.17) is 4.84 Å². The van der Waals surface area contributed by atoms with Gasteiger partial charge in [0.25, 0.3) is 0 Å². The predicted molar refractivity (Wildman–Crippen MR) is 105 cm³/mol. The van der Waals surface area contributed by atoms with Crippen molar-refractivity contribution in [2.45, 2.75) is 0 Å². The molecule has 3 heteroatoms. The highest BCUT2D eigenvalue weighted by Crippen LogP contribution is 2.15. The summed E-state index contributed by atoms with van der Waals surface area (Å²) in [6.07, 6.45) is 7.44. The van der Waals surface area contributed by atoms with Crippen LogP contribution in [0.25, 0.3) is 11.5 Å². The second kappa shape index (κ2) is 7.88. The maximum Gasteiger partial charge on any atom is 0.158 e. The third-order valence-electron chi connectivity index (χ3n) is 3.58. The zero-order valence-corrected chi connectivity index (χ0v) is 13.8. The van der Waals surface area contributed by atoms with Crippen LogP contribution in [-0.2, 0) is 4.84 Å². The number of aliphatic imine (C=N–C) groups is 1. The minimum absolute atomic E-state index is 0.506. The van der Waals surface area contributed by atoms with Gasteiger partial charge >= 0.3 is 0 Å². The van der Waals surface area contributed by atoms with Crippen LogP contribution in [0.3, 0.4) is 0 Å². The molecule has 122 valence electrons. The Morgan fingerprint density at radius 2 is 1.20 bits per heavy atom. The van der Waals surface area contributed by atoms with Gasteiger partial charge in [-0.05, 0) is 29.9 Å². The van der Waals surface area contributed by atoms with Gasteiger partial charge in [0.2, 0.25) is 0 Å². The highest BCUT2D eigenvalue weighted by molar-refractivity contribution is 6.19. The fraction of sp³-hybridized carbons (Fsp3) is 0. The first-order valence-electron chi connectivity index (χ1n) is 7.91. The van der Waals surface area contributed by atoms with Crippen LogP contribution < -0.4 is 0 Å². The summed E-state index contributed by atoms with van der Waals surface area (Å²) < 4.78 is 0. The van der Waals surface area contributed by atoms with Crippen molar-refractivity contribution in [1.29, 1.82) is 0 Å². The van der Waals surface area contributed by atoms with Crippen molar-refractivity contribution in [3.63, 3.8) is 0 Å². The van der Waals surface area contributed by atoms with E-state index in [0.29, 0.717) is 11.5 Å². The number of rotatable bonds is 5. The zero-order chi connectivity index (χ0) is 17.5. The Hall–Kier alpha value is -3.46. The third-order valence-corrected chi connectivity index (χ3v) is 3.58. The number of oxime groups is 1. The molecule has 1 aliphatic rings. The highest BCUT2D eigenvalue weighted by atomic mass is 16.6. The first-order valence-corrected chi connectivity index (χ1v) is 7.91. The van der Waals surface area contributed by atoms with Crippen molar-refractivity contribution in [3.8, 4) is 0 Å². The predicted octanol–water partition coefficient (Wildman–Crippen LogP) is 5.27. The molecule has 0 heterocycles. The average Bonchev–Trinajstić information content (AvgIpc) is 2.68. The molecule has 2 aromatic carbocycles. The van der Waals surface area contributed by atoms with Gasteiger partial charge in [0, 0.05) is 5.56 Å². The van der Waals surface area contributed by atoms with Gasteiger partial charge in [-0.2, -0.15) is 0 Å². The van der Waals surface area contributed by atoms with E-state index in [1.165, 1.54) is 0 Å². The summed E-state index contributed by atoms with van der Waals surface area (Å²) in [6.45, 7) is 7.89. The smallest absolute Gasteiger partial charge is 0.158 e. The maximum atomic E-state index is 5.39. The summed E-state index contributed by atoms with van der Waals surface area (Å²) in [6, 6.07) is 19.5. The van der Waals surface area contributed by atoms with Gasteiger partial charge in [-0.25, -0.2) is 4.99 Å². The van der Waals surface area contributed by atoms with Crippen LogP contribution in [0, 0.1) is 0 Å². The Bertz CT molecular complexity index is 870. The average molecular weight is 326 g/mol. The molecule has 0 bridgehead atoms. The minimum Gasteiger partial charge on any atom is -0.356 e.